The van der Waals surface area contributed by atoms with Gasteiger partial charge in [0.1, 0.15) is 11.6 Å². The molecular weight excluding hydrogens is 256 g/mol. The fourth-order valence-corrected chi connectivity index (χ4v) is 2.81. The van der Waals surface area contributed by atoms with Crippen molar-refractivity contribution in [3.05, 3.63) is 65.2 Å². The van der Waals surface area contributed by atoms with E-state index >= 15 is 0 Å². The van der Waals surface area contributed by atoms with Gasteiger partial charge in [0.15, 0.2) is 0 Å². The lowest BCUT2D eigenvalue weighted by Gasteiger charge is -2.37. The molecule has 0 atom stereocenters. The van der Waals surface area contributed by atoms with Gasteiger partial charge in [-0.15, -0.1) is 0 Å². The van der Waals surface area contributed by atoms with Gasteiger partial charge in [-0.1, -0.05) is 30.3 Å². The predicted octanol–water partition coefficient (Wildman–Crippen LogP) is 4.63. The Morgan fingerprint density at radius 2 is 1.65 bits per heavy atom. The van der Waals surface area contributed by atoms with Crippen molar-refractivity contribution in [2.75, 3.05) is 5.32 Å². The molecule has 1 nitrogen and oxygen atoms in total. The molecule has 2 aromatic carbocycles. The van der Waals surface area contributed by atoms with Crippen molar-refractivity contribution < 1.29 is 8.78 Å². The summed E-state index contributed by atoms with van der Waals surface area (Å²) in [4.78, 5) is 0. The van der Waals surface area contributed by atoms with Crippen molar-refractivity contribution in [3.63, 3.8) is 0 Å². The molecule has 0 heterocycles. The molecule has 3 rings (SSSR count). The maximum atomic E-state index is 13.7. The van der Waals surface area contributed by atoms with Crippen molar-refractivity contribution in [3.8, 4) is 0 Å². The molecule has 1 N–H and O–H groups in total. The van der Waals surface area contributed by atoms with Crippen molar-refractivity contribution in [1.82, 2.24) is 0 Å². The normalized spacial score (nSPS) is 21.4. The number of benzene rings is 2. The predicted molar refractivity (Wildman–Crippen MR) is 76.9 cm³/mol. The van der Waals surface area contributed by atoms with Gasteiger partial charge >= 0.3 is 0 Å². The first kappa shape index (κ1) is 13.1. The standard InChI is InChI=1S/C17H17F2N/c1-11-5-4-8-16(19)17(11)20-13-9-12(10-13)14-6-2-3-7-15(14)18/h2-8,12-13,20H,9-10H2,1H3. The molecule has 1 aliphatic carbocycles. The van der Waals surface area contributed by atoms with Crippen LogP contribution in [-0.2, 0) is 0 Å². The van der Waals surface area contributed by atoms with Gasteiger partial charge in [-0.2, -0.15) is 0 Å². The van der Waals surface area contributed by atoms with Crippen LogP contribution >= 0.6 is 0 Å². The van der Waals surface area contributed by atoms with E-state index in [1.807, 2.05) is 25.1 Å². The molecule has 0 bridgehead atoms. The monoisotopic (exact) mass is 273 g/mol. The van der Waals surface area contributed by atoms with Crippen LogP contribution in [0, 0.1) is 18.6 Å². The number of halogens is 2. The molecule has 0 unspecified atom stereocenters. The summed E-state index contributed by atoms with van der Waals surface area (Å²) in [5.41, 5.74) is 2.25. The van der Waals surface area contributed by atoms with Gasteiger partial charge < -0.3 is 5.32 Å². The third-order valence-electron chi connectivity index (χ3n) is 4.05. The first-order chi connectivity index (χ1) is 9.65. The number of para-hydroxylation sites is 1. The third-order valence-corrected chi connectivity index (χ3v) is 4.05. The number of hydrogen-bond donors (Lipinski definition) is 1. The van der Waals surface area contributed by atoms with Crippen LogP contribution in [0.15, 0.2) is 42.5 Å². The van der Waals surface area contributed by atoms with E-state index in [-0.39, 0.29) is 23.6 Å². The maximum absolute atomic E-state index is 13.7. The van der Waals surface area contributed by atoms with Gasteiger partial charge in [-0.05, 0) is 48.9 Å². The highest BCUT2D eigenvalue weighted by molar-refractivity contribution is 5.53. The Morgan fingerprint density at radius 3 is 2.35 bits per heavy atom. The summed E-state index contributed by atoms with van der Waals surface area (Å²) in [7, 11) is 0. The zero-order valence-corrected chi connectivity index (χ0v) is 11.4. The molecule has 2 aromatic rings. The van der Waals surface area contributed by atoms with Crippen LogP contribution in [0.3, 0.4) is 0 Å². The molecule has 0 saturated heterocycles. The van der Waals surface area contributed by atoms with Gasteiger partial charge in [-0.25, -0.2) is 8.78 Å². The minimum Gasteiger partial charge on any atom is -0.380 e. The summed E-state index contributed by atoms with van der Waals surface area (Å²) in [6, 6.07) is 12.2. The van der Waals surface area contributed by atoms with Crippen molar-refractivity contribution in [2.45, 2.75) is 31.7 Å². The molecular formula is C17H17F2N. The van der Waals surface area contributed by atoms with E-state index in [1.165, 1.54) is 12.1 Å². The second-order valence-corrected chi connectivity index (χ2v) is 5.46. The van der Waals surface area contributed by atoms with E-state index in [1.54, 1.807) is 12.1 Å². The summed E-state index contributed by atoms with van der Waals surface area (Å²) < 4.78 is 27.4. The number of nitrogens with one attached hydrogen (secondary N) is 1. The molecule has 20 heavy (non-hydrogen) atoms. The summed E-state index contributed by atoms with van der Waals surface area (Å²) in [5, 5.41) is 3.24. The maximum Gasteiger partial charge on any atom is 0.146 e. The second-order valence-electron chi connectivity index (χ2n) is 5.46. The fraction of sp³-hybridized carbons (Fsp3) is 0.294. The zero-order valence-electron chi connectivity index (χ0n) is 11.4. The summed E-state index contributed by atoms with van der Waals surface area (Å²) >= 11 is 0. The molecule has 0 aliphatic heterocycles. The Hall–Kier alpha value is -1.90. The van der Waals surface area contributed by atoms with E-state index in [2.05, 4.69) is 5.32 Å². The Labute approximate surface area is 117 Å². The third kappa shape index (κ3) is 2.40. The molecule has 0 aromatic heterocycles. The number of aryl methyl sites for hydroxylation is 1. The minimum atomic E-state index is -0.223. The largest absolute Gasteiger partial charge is 0.380 e. The van der Waals surface area contributed by atoms with Crippen LogP contribution in [0.2, 0.25) is 0 Å². The van der Waals surface area contributed by atoms with Gasteiger partial charge in [0, 0.05) is 6.04 Å². The Morgan fingerprint density at radius 1 is 0.950 bits per heavy atom. The summed E-state index contributed by atoms with van der Waals surface area (Å²) in [5.74, 6) is -0.127. The van der Waals surface area contributed by atoms with Gasteiger partial charge in [0.2, 0.25) is 0 Å². The first-order valence-corrected chi connectivity index (χ1v) is 6.91. The molecule has 1 aliphatic rings. The quantitative estimate of drug-likeness (QED) is 0.859. The van der Waals surface area contributed by atoms with Crippen LogP contribution in [0.1, 0.15) is 29.9 Å². The molecule has 1 fully saturated rings. The van der Waals surface area contributed by atoms with Crippen LogP contribution in [0.4, 0.5) is 14.5 Å². The highest BCUT2D eigenvalue weighted by atomic mass is 19.1. The lowest BCUT2D eigenvalue weighted by molar-refractivity contribution is 0.362. The average Bonchev–Trinajstić information content (AvgIpc) is 2.37. The van der Waals surface area contributed by atoms with Gasteiger partial charge in [0.25, 0.3) is 0 Å². The number of anilines is 1. The van der Waals surface area contributed by atoms with E-state index in [9.17, 15) is 8.78 Å². The van der Waals surface area contributed by atoms with Crippen LogP contribution in [0.25, 0.3) is 0 Å². The van der Waals surface area contributed by atoms with E-state index in [0.717, 1.165) is 24.0 Å². The summed E-state index contributed by atoms with van der Waals surface area (Å²) in [6.45, 7) is 1.89. The molecule has 1 saturated carbocycles. The first-order valence-electron chi connectivity index (χ1n) is 6.91. The SMILES string of the molecule is Cc1cccc(F)c1NC1CC(c2ccccc2F)C1. The number of hydrogen-bond acceptors (Lipinski definition) is 1. The molecule has 3 heteroatoms. The number of rotatable bonds is 3. The molecule has 104 valence electrons. The highest BCUT2D eigenvalue weighted by Gasteiger charge is 2.32. The van der Waals surface area contributed by atoms with Crippen LogP contribution in [0.5, 0.6) is 0 Å². The fourth-order valence-electron chi connectivity index (χ4n) is 2.81. The molecule has 0 amide bonds. The van der Waals surface area contributed by atoms with Crippen molar-refractivity contribution in [1.29, 1.82) is 0 Å². The van der Waals surface area contributed by atoms with E-state index < -0.39 is 0 Å². The zero-order chi connectivity index (χ0) is 14.1. The molecule has 0 spiro atoms. The minimum absolute atomic E-state index is 0.141. The molecule has 0 radical (unpaired) electrons. The van der Waals surface area contributed by atoms with E-state index in [0.29, 0.717) is 5.69 Å². The second kappa shape index (κ2) is 5.23. The van der Waals surface area contributed by atoms with Crippen molar-refractivity contribution in [2.24, 2.45) is 0 Å². The van der Waals surface area contributed by atoms with Gasteiger partial charge in [-0.3, -0.25) is 0 Å². The average molecular weight is 273 g/mol. The Kier molecular flexibility index (Phi) is 3.43. The van der Waals surface area contributed by atoms with Crippen LogP contribution in [-0.4, -0.2) is 6.04 Å². The lowest BCUT2D eigenvalue weighted by Crippen LogP contribution is -2.34. The summed E-state index contributed by atoms with van der Waals surface area (Å²) in [6.07, 6.45) is 1.68. The van der Waals surface area contributed by atoms with E-state index in [4.69, 9.17) is 0 Å². The van der Waals surface area contributed by atoms with Crippen molar-refractivity contribution >= 4 is 5.69 Å². The topological polar surface area (TPSA) is 12.0 Å². The lowest BCUT2D eigenvalue weighted by atomic mass is 9.75. The Bertz CT molecular complexity index is 598. The van der Waals surface area contributed by atoms with Gasteiger partial charge in [0.05, 0.1) is 5.69 Å². The van der Waals surface area contributed by atoms with Crippen LogP contribution < -0.4 is 5.32 Å². The smallest absolute Gasteiger partial charge is 0.146 e. The highest BCUT2D eigenvalue weighted by Crippen LogP contribution is 2.40. The Balaban J connectivity index is 1.66.